The quantitative estimate of drug-likeness (QED) is 0.247. The fraction of sp³-hybridized carbons (Fsp3) is 0.351. The molecule has 4 aromatic heterocycles. The molecule has 0 spiro atoms. The number of hydrogen-bond acceptors (Lipinski definition) is 10. The molecule has 0 bridgehead atoms. The largest absolute Gasteiger partial charge is 0.370 e. The summed E-state index contributed by atoms with van der Waals surface area (Å²) in [6, 6.07) is 22.9. The molecular weight excluding hydrogens is 633 g/mol. The highest BCUT2D eigenvalue weighted by molar-refractivity contribution is 5.91. The van der Waals surface area contributed by atoms with E-state index in [1.54, 1.807) is 12.1 Å². The van der Waals surface area contributed by atoms with Gasteiger partial charge in [0.25, 0.3) is 5.56 Å². The molecule has 12 nitrogen and oxygen atoms in total. The number of piperazine rings is 1. The Labute approximate surface area is 288 Å². The summed E-state index contributed by atoms with van der Waals surface area (Å²) < 4.78 is 15.9. The highest BCUT2D eigenvalue weighted by Gasteiger charge is 2.30. The maximum Gasteiger partial charge on any atom is 0.277 e. The lowest BCUT2D eigenvalue weighted by atomic mass is 9.94. The predicted molar refractivity (Wildman–Crippen MR) is 191 cm³/mol. The minimum Gasteiger partial charge on any atom is -0.370 e. The predicted octanol–water partition coefficient (Wildman–Crippen LogP) is 4.55. The number of fused-ring (bicyclic) bond motifs is 2. The van der Waals surface area contributed by atoms with Gasteiger partial charge < -0.3 is 14.7 Å². The molecule has 13 heteroatoms. The van der Waals surface area contributed by atoms with Crippen LogP contribution in [0.25, 0.3) is 27.9 Å². The minimum atomic E-state index is -0.211. The maximum atomic E-state index is 14.1. The number of halogens is 1. The fourth-order valence-electron chi connectivity index (χ4n) is 7.84. The van der Waals surface area contributed by atoms with Gasteiger partial charge in [-0.2, -0.15) is 0 Å². The van der Waals surface area contributed by atoms with Crippen molar-refractivity contribution >= 4 is 33.9 Å². The second-order valence-corrected chi connectivity index (χ2v) is 13.6. The molecule has 0 aliphatic carbocycles. The summed E-state index contributed by atoms with van der Waals surface area (Å²) in [5, 5.41) is 15.9. The van der Waals surface area contributed by atoms with Crippen molar-refractivity contribution in [2.75, 3.05) is 67.1 Å². The third-order valence-corrected chi connectivity index (χ3v) is 10.5. The molecule has 2 aromatic carbocycles. The molecule has 3 aliphatic rings. The van der Waals surface area contributed by atoms with Crippen LogP contribution in [0.5, 0.6) is 0 Å². The van der Waals surface area contributed by atoms with Crippen LogP contribution in [-0.2, 0) is 0 Å². The van der Waals surface area contributed by atoms with Crippen LogP contribution in [0.15, 0.2) is 83.8 Å². The first-order valence-electron chi connectivity index (χ1n) is 17.5. The Morgan fingerprint density at radius 1 is 0.880 bits per heavy atom. The number of nitrogens with zero attached hydrogens (tertiary/aromatic N) is 10. The van der Waals surface area contributed by atoms with Crippen molar-refractivity contribution < 1.29 is 4.39 Å². The molecule has 1 N–H and O–H groups in total. The van der Waals surface area contributed by atoms with Crippen LogP contribution in [-0.4, -0.2) is 92.3 Å². The molecule has 3 fully saturated rings. The van der Waals surface area contributed by atoms with E-state index in [0.717, 1.165) is 112 Å². The van der Waals surface area contributed by atoms with E-state index in [0.29, 0.717) is 16.8 Å². The standard InChI is InChI=1S/C37H38FN11O/c38-27-6-1-5-26(21-27)30-10-4-15-48(30)35-13-12-33-39-22-32(49(33)43-35)28-7-3-11-34(40-28)46-19-17-45(18-20-46)16-14-25-23-47(24-25)31-9-2-8-29-36(31)37(50)42-44-41-29/h1-3,5-9,11-13,21-22,25,30H,4,10,14-20,23-24H2,(H,41,42,50)/t30-/m1/s1. The average Bonchev–Trinajstić information content (AvgIpc) is 3.79. The molecule has 3 aliphatic heterocycles. The van der Waals surface area contributed by atoms with E-state index in [9.17, 15) is 9.18 Å². The van der Waals surface area contributed by atoms with Crippen molar-refractivity contribution in [2.45, 2.75) is 25.3 Å². The van der Waals surface area contributed by atoms with E-state index in [1.165, 1.54) is 6.07 Å². The summed E-state index contributed by atoms with van der Waals surface area (Å²) in [6.07, 6.45) is 4.97. The molecule has 9 rings (SSSR count). The monoisotopic (exact) mass is 671 g/mol. The van der Waals surface area contributed by atoms with Gasteiger partial charge in [0.1, 0.15) is 28.7 Å². The first-order chi connectivity index (χ1) is 24.6. The normalized spacial score (nSPS) is 18.7. The molecular formula is C37H38FN11O. The van der Waals surface area contributed by atoms with Gasteiger partial charge in [-0.05, 0) is 85.8 Å². The van der Waals surface area contributed by atoms with Crippen LogP contribution in [0.4, 0.5) is 21.7 Å². The average molecular weight is 672 g/mol. The van der Waals surface area contributed by atoms with Crippen LogP contribution >= 0.6 is 0 Å². The number of benzene rings is 2. The van der Waals surface area contributed by atoms with Crippen LogP contribution < -0.4 is 20.3 Å². The molecule has 254 valence electrons. The third-order valence-electron chi connectivity index (χ3n) is 10.5. The highest BCUT2D eigenvalue weighted by atomic mass is 19.1. The van der Waals surface area contributed by atoms with Crippen molar-refractivity contribution in [2.24, 2.45) is 5.92 Å². The van der Waals surface area contributed by atoms with E-state index < -0.39 is 0 Å². The molecule has 0 radical (unpaired) electrons. The first kappa shape index (κ1) is 30.6. The van der Waals surface area contributed by atoms with Gasteiger partial charge in [0.2, 0.25) is 0 Å². The van der Waals surface area contributed by atoms with Crippen molar-refractivity contribution in [3.05, 3.63) is 101 Å². The number of nitrogens with one attached hydrogen (secondary N) is 1. The Hall–Kier alpha value is -5.43. The fourth-order valence-corrected chi connectivity index (χ4v) is 7.84. The van der Waals surface area contributed by atoms with Gasteiger partial charge >= 0.3 is 0 Å². The van der Waals surface area contributed by atoms with Crippen molar-refractivity contribution in [1.82, 2.24) is 39.9 Å². The zero-order valence-corrected chi connectivity index (χ0v) is 27.7. The summed E-state index contributed by atoms with van der Waals surface area (Å²) in [5.74, 6) is 2.21. The summed E-state index contributed by atoms with van der Waals surface area (Å²) in [6.45, 7) is 7.63. The van der Waals surface area contributed by atoms with Crippen LogP contribution in [0.1, 0.15) is 30.9 Å². The molecule has 6 aromatic rings. The molecule has 0 saturated carbocycles. The van der Waals surface area contributed by atoms with E-state index in [4.69, 9.17) is 10.1 Å². The van der Waals surface area contributed by atoms with Crippen molar-refractivity contribution in [1.29, 1.82) is 0 Å². The Bertz CT molecular complexity index is 2220. The molecule has 0 unspecified atom stereocenters. The van der Waals surface area contributed by atoms with Gasteiger partial charge in [0, 0.05) is 45.8 Å². The van der Waals surface area contributed by atoms with Crippen molar-refractivity contribution in [3.63, 3.8) is 0 Å². The Balaban J connectivity index is 0.830. The van der Waals surface area contributed by atoms with Crippen LogP contribution in [0.2, 0.25) is 0 Å². The number of imidazole rings is 1. The Morgan fingerprint density at radius 3 is 2.62 bits per heavy atom. The number of aromatic amines is 1. The highest BCUT2D eigenvalue weighted by Crippen LogP contribution is 2.36. The molecule has 7 heterocycles. The zero-order chi connectivity index (χ0) is 33.6. The SMILES string of the molecule is O=c1[nH]nnc2cccc(N3CC(CCN4CCN(c5cccc(-c6cnc7ccc(N8CCC[C@@H]8c8cccc(F)c8)nn67)n5)CC4)C3)c12. The second kappa shape index (κ2) is 12.8. The van der Waals surface area contributed by atoms with E-state index >= 15 is 0 Å². The zero-order valence-electron chi connectivity index (χ0n) is 27.7. The number of anilines is 3. The Kier molecular flexibility index (Phi) is 7.83. The minimum absolute atomic E-state index is 0.0870. The lowest BCUT2D eigenvalue weighted by Gasteiger charge is -2.43. The van der Waals surface area contributed by atoms with Crippen molar-refractivity contribution in [3.8, 4) is 11.4 Å². The van der Waals surface area contributed by atoms with Crippen LogP contribution in [0.3, 0.4) is 0 Å². The summed E-state index contributed by atoms with van der Waals surface area (Å²) in [7, 11) is 0. The Morgan fingerprint density at radius 2 is 1.74 bits per heavy atom. The lowest BCUT2D eigenvalue weighted by Crippen LogP contribution is -2.50. The molecule has 50 heavy (non-hydrogen) atoms. The van der Waals surface area contributed by atoms with E-state index in [-0.39, 0.29) is 17.4 Å². The molecule has 1 atom stereocenters. The van der Waals surface area contributed by atoms with E-state index in [1.807, 2.05) is 53.2 Å². The molecule has 3 saturated heterocycles. The number of aromatic nitrogens is 7. The van der Waals surface area contributed by atoms with Gasteiger partial charge in [-0.1, -0.05) is 29.5 Å². The third kappa shape index (κ3) is 5.70. The number of hydrogen-bond donors (Lipinski definition) is 1. The smallest absolute Gasteiger partial charge is 0.277 e. The van der Waals surface area contributed by atoms with Gasteiger partial charge in [-0.3, -0.25) is 9.69 Å². The second-order valence-electron chi connectivity index (χ2n) is 13.6. The van der Waals surface area contributed by atoms with Gasteiger partial charge in [-0.25, -0.2) is 24.0 Å². The number of rotatable bonds is 8. The number of H-pyrrole nitrogens is 1. The maximum absolute atomic E-state index is 14.1. The van der Waals surface area contributed by atoms with Crippen LogP contribution in [0, 0.1) is 11.7 Å². The van der Waals surface area contributed by atoms with Gasteiger partial charge in [-0.15, -0.1) is 10.2 Å². The topological polar surface area (TPSA) is 115 Å². The summed E-state index contributed by atoms with van der Waals surface area (Å²) in [5.41, 5.74) is 4.81. The van der Waals surface area contributed by atoms with Gasteiger partial charge in [0.05, 0.1) is 29.0 Å². The number of pyridine rings is 1. The van der Waals surface area contributed by atoms with Gasteiger partial charge in [0.15, 0.2) is 5.65 Å². The lowest BCUT2D eigenvalue weighted by molar-refractivity contribution is 0.227. The summed E-state index contributed by atoms with van der Waals surface area (Å²) >= 11 is 0. The first-order valence-corrected chi connectivity index (χ1v) is 17.5. The summed E-state index contributed by atoms with van der Waals surface area (Å²) in [4.78, 5) is 31.6. The van der Waals surface area contributed by atoms with E-state index in [2.05, 4.69) is 52.1 Å². The molecule has 0 amide bonds.